The van der Waals surface area contributed by atoms with Crippen molar-refractivity contribution in [3.05, 3.63) is 189 Å². The Morgan fingerprint density at radius 1 is 0.317 bits per heavy atom. The number of hydrogen-bond donors (Lipinski definition) is 0. The summed E-state index contributed by atoms with van der Waals surface area (Å²) in [5.74, 6) is 0. The molecule has 4 unspecified atom stereocenters. The molecule has 4 aliphatic carbocycles. The van der Waals surface area contributed by atoms with E-state index in [0.29, 0.717) is 0 Å². The van der Waals surface area contributed by atoms with E-state index in [1.54, 1.807) is 0 Å². The van der Waals surface area contributed by atoms with Crippen LogP contribution in [0.2, 0.25) is 0 Å². The molecule has 0 amide bonds. The largest absolute Gasteiger partial charge is 4.00 e. The van der Waals surface area contributed by atoms with Crippen LogP contribution in [0.1, 0.15) is 68.7 Å². The van der Waals surface area contributed by atoms with Crippen LogP contribution in [0.3, 0.4) is 0 Å². The quantitative estimate of drug-likeness (QED) is 0.189. The van der Waals surface area contributed by atoms with Gasteiger partial charge >= 0.3 is 21.7 Å². The molecular weight excluding hydrogens is 536 g/mol. The predicted molar refractivity (Wildman–Crippen MR) is 170 cm³/mol. The second-order valence-electron chi connectivity index (χ2n) is 9.86. The maximum Gasteiger partial charge on any atom is 4.00 e. The summed E-state index contributed by atoms with van der Waals surface area (Å²) in [6.07, 6.45) is 15.7. The molecule has 0 fully saturated rings. The maximum absolute atomic E-state index is 7.53. The van der Waals surface area contributed by atoms with Crippen LogP contribution >= 0.6 is 0 Å². The smallest absolute Gasteiger partial charge is 0.667 e. The second kappa shape index (κ2) is 14.3. The summed E-state index contributed by atoms with van der Waals surface area (Å²) in [5.41, 5.74) is 39.4. The minimum Gasteiger partial charge on any atom is -0.667 e. The topological polar surface area (TPSA) is 95.2 Å². The van der Waals surface area contributed by atoms with Crippen LogP contribution < -0.4 is 0 Å². The Morgan fingerprint density at radius 2 is 0.512 bits per heavy atom. The number of hydrogen-bond acceptors (Lipinski definition) is 0. The van der Waals surface area contributed by atoms with E-state index in [0.717, 1.165) is 22.3 Å². The van der Waals surface area contributed by atoms with Gasteiger partial charge < -0.3 is 22.9 Å². The maximum atomic E-state index is 7.53. The summed E-state index contributed by atoms with van der Waals surface area (Å²) in [7, 11) is 0. The molecule has 200 valence electrons. The fraction of sp³-hybridized carbons (Fsp3) is 0.111. The third kappa shape index (κ3) is 7.38. The molecule has 0 aliphatic heterocycles. The molecule has 4 atom stereocenters. The molecular formula is C36H32N4Ti. The minimum atomic E-state index is -0.129. The molecule has 0 spiro atoms. The van der Waals surface area contributed by atoms with Crippen molar-refractivity contribution >= 4 is 24.3 Å². The van der Waals surface area contributed by atoms with Crippen LogP contribution in [-0.4, -0.2) is 0 Å². The Labute approximate surface area is 258 Å². The first-order chi connectivity index (χ1) is 19.5. The summed E-state index contributed by atoms with van der Waals surface area (Å²) in [5, 5.41) is 0. The van der Waals surface area contributed by atoms with Gasteiger partial charge in [-0.25, -0.2) is 0 Å². The molecule has 4 aromatic rings. The van der Waals surface area contributed by atoms with Crippen molar-refractivity contribution in [1.82, 2.24) is 0 Å². The van der Waals surface area contributed by atoms with Crippen LogP contribution in [0.15, 0.2) is 121 Å². The standard InChI is InChI=1S/4C9H8N.Ti/c4*10-9-6-5-7-3-1-2-4-8(7)9;/h4*1-6,9-10H;/q4*-1;+4. The van der Waals surface area contributed by atoms with Crippen LogP contribution in [0.4, 0.5) is 0 Å². The monoisotopic (exact) mass is 568 g/mol. The second-order valence-corrected chi connectivity index (χ2v) is 9.86. The summed E-state index contributed by atoms with van der Waals surface area (Å²) < 4.78 is 0. The molecule has 0 saturated heterocycles. The zero-order valence-corrected chi connectivity index (χ0v) is 24.2. The van der Waals surface area contributed by atoms with Crippen molar-refractivity contribution in [2.75, 3.05) is 0 Å². The summed E-state index contributed by atoms with van der Waals surface area (Å²) >= 11 is 0. The summed E-state index contributed by atoms with van der Waals surface area (Å²) in [4.78, 5) is 0. The fourth-order valence-corrected chi connectivity index (χ4v) is 5.00. The van der Waals surface area contributed by atoms with Crippen molar-refractivity contribution in [3.8, 4) is 0 Å². The van der Waals surface area contributed by atoms with E-state index in [2.05, 4.69) is 0 Å². The Hall–Kier alpha value is -3.61. The fourth-order valence-electron chi connectivity index (χ4n) is 5.00. The first-order valence-electron chi connectivity index (χ1n) is 13.4. The van der Waals surface area contributed by atoms with Gasteiger partial charge in [0.05, 0.1) is 0 Å². The molecule has 8 rings (SSSR count). The molecule has 0 heterocycles. The van der Waals surface area contributed by atoms with E-state index in [1.807, 2.05) is 146 Å². The summed E-state index contributed by atoms with van der Waals surface area (Å²) in [6, 6.07) is 31.6. The molecule has 4 aliphatic rings. The van der Waals surface area contributed by atoms with E-state index in [4.69, 9.17) is 22.9 Å². The summed E-state index contributed by atoms with van der Waals surface area (Å²) in [6.45, 7) is 0. The van der Waals surface area contributed by atoms with Gasteiger partial charge in [0, 0.05) is 0 Å². The van der Waals surface area contributed by atoms with Gasteiger partial charge in [0.15, 0.2) is 0 Å². The average Bonchev–Trinajstić information content (AvgIpc) is 3.78. The van der Waals surface area contributed by atoms with Crippen molar-refractivity contribution in [2.24, 2.45) is 0 Å². The van der Waals surface area contributed by atoms with Crippen LogP contribution in [0.5, 0.6) is 0 Å². The zero-order chi connectivity index (χ0) is 27.9. The normalized spacial score (nSPS) is 20.6. The van der Waals surface area contributed by atoms with E-state index in [9.17, 15) is 0 Å². The third-order valence-corrected chi connectivity index (χ3v) is 7.20. The molecule has 4 N–H and O–H groups in total. The number of nitrogens with one attached hydrogen (secondary N) is 4. The van der Waals surface area contributed by atoms with Gasteiger partial charge in [0.25, 0.3) is 0 Å². The van der Waals surface area contributed by atoms with Gasteiger partial charge in [0.2, 0.25) is 0 Å². The molecule has 0 saturated carbocycles. The van der Waals surface area contributed by atoms with E-state index in [-0.39, 0.29) is 45.9 Å². The Morgan fingerprint density at radius 3 is 0.707 bits per heavy atom. The van der Waals surface area contributed by atoms with Gasteiger partial charge in [-0.15, -0.1) is 0 Å². The molecule has 5 heteroatoms. The van der Waals surface area contributed by atoms with E-state index < -0.39 is 0 Å². The van der Waals surface area contributed by atoms with Crippen molar-refractivity contribution in [2.45, 2.75) is 24.2 Å². The SMILES string of the molecule is [NH-]C1C=Cc2ccccc21.[NH-]C1C=Cc2ccccc21.[NH-]C1C=Cc2ccccc21.[NH-]C1C=Cc2ccccc21.[Ti+4]. The van der Waals surface area contributed by atoms with Crippen molar-refractivity contribution in [1.29, 1.82) is 0 Å². The third-order valence-electron chi connectivity index (χ3n) is 7.20. The first kappa shape index (κ1) is 30.4. The van der Waals surface area contributed by atoms with Gasteiger partial charge in [-0.1, -0.05) is 192 Å². The van der Waals surface area contributed by atoms with Gasteiger partial charge in [-0.2, -0.15) is 0 Å². The Kier molecular flexibility index (Phi) is 10.6. The minimum absolute atomic E-state index is 0. The van der Waals surface area contributed by atoms with Gasteiger partial charge in [0.1, 0.15) is 0 Å². The number of fused-ring (bicyclic) bond motifs is 4. The first-order valence-corrected chi connectivity index (χ1v) is 13.4. The molecule has 0 bridgehead atoms. The van der Waals surface area contributed by atoms with Crippen LogP contribution in [0, 0.1) is 0 Å². The van der Waals surface area contributed by atoms with Gasteiger partial charge in [-0.3, -0.25) is 0 Å². The molecule has 0 radical (unpaired) electrons. The van der Waals surface area contributed by atoms with Crippen LogP contribution in [0.25, 0.3) is 47.2 Å². The average molecular weight is 569 g/mol. The Bertz CT molecular complexity index is 1350. The number of rotatable bonds is 0. The van der Waals surface area contributed by atoms with E-state index >= 15 is 0 Å². The number of benzene rings is 4. The molecule has 0 aromatic heterocycles. The predicted octanol–water partition coefficient (Wildman–Crippen LogP) is 11.2. The van der Waals surface area contributed by atoms with Crippen molar-refractivity contribution < 1.29 is 21.7 Å². The molecule has 4 nitrogen and oxygen atoms in total. The Balaban J connectivity index is 0.000000125. The van der Waals surface area contributed by atoms with Crippen LogP contribution in [-0.2, 0) is 21.7 Å². The van der Waals surface area contributed by atoms with Gasteiger partial charge in [-0.05, 0) is 22.3 Å². The molecule has 4 aromatic carbocycles. The zero-order valence-electron chi connectivity index (χ0n) is 22.7. The van der Waals surface area contributed by atoms with Crippen molar-refractivity contribution in [3.63, 3.8) is 0 Å². The molecule has 41 heavy (non-hydrogen) atoms. The van der Waals surface area contributed by atoms with E-state index in [1.165, 1.54) is 22.3 Å².